The highest BCUT2D eigenvalue weighted by Gasteiger charge is 2.39. The van der Waals surface area contributed by atoms with E-state index in [2.05, 4.69) is 0 Å². The third-order valence-electron chi connectivity index (χ3n) is 5.79. The maximum absolute atomic E-state index is 13.3. The molecule has 0 spiro atoms. The first-order valence-electron chi connectivity index (χ1n) is 9.67. The Labute approximate surface area is 161 Å². The van der Waals surface area contributed by atoms with Crippen molar-refractivity contribution < 1.29 is 19.5 Å². The second-order valence-corrected chi connectivity index (χ2v) is 7.33. The van der Waals surface area contributed by atoms with E-state index in [-0.39, 0.29) is 24.9 Å². The molecular formula is C21H30N2O4. The Morgan fingerprint density at radius 1 is 1.19 bits per heavy atom. The summed E-state index contributed by atoms with van der Waals surface area (Å²) in [4.78, 5) is 40.2. The van der Waals surface area contributed by atoms with Crippen molar-refractivity contribution in [3.63, 3.8) is 0 Å². The molecule has 1 unspecified atom stereocenters. The maximum Gasteiger partial charge on any atom is 0.308 e. The number of amides is 2. The monoisotopic (exact) mass is 374 g/mol. The molecule has 1 atom stereocenters. The number of likely N-dealkylation sites (tertiary alicyclic amines) is 1. The predicted octanol–water partition coefficient (Wildman–Crippen LogP) is 2.53. The molecule has 2 amide bonds. The molecule has 0 bridgehead atoms. The Hall–Kier alpha value is -2.37. The molecule has 1 N–H and O–H groups in total. The van der Waals surface area contributed by atoms with Crippen LogP contribution in [0.4, 0.5) is 0 Å². The molecule has 6 nitrogen and oxygen atoms in total. The number of carbonyl (C=O) groups excluding carboxylic acids is 2. The zero-order valence-electron chi connectivity index (χ0n) is 16.5. The van der Waals surface area contributed by atoms with Crippen LogP contribution in [0.5, 0.6) is 0 Å². The number of benzene rings is 1. The van der Waals surface area contributed by atoms with Crippen LogP contribution in [0.2, 0.25) is 0 Å². The summed E-state index contributed by atoms with van der Waals surface area (Å²) in [6.45, 7) is 4.73. The molecule has 27 heavy (non-hydrogen) atoms. The van der Waals surface area contributed by atoms with Gasteiger partial charge in [-0.2, -0.15) is 0 Å². The van der Waals surface area contributed by atoms with Crippen LogP contribution in [0.1, 0.15) is 45.1 Å². The van der Waals surface area contributed by atoms with Crippen molar-refractivity contribution in [2.24, 2.45) is 5.92 Å². The average molecular weight is 374 g/mol. The highest BCUT2D eigenvalue weighted by atomic mass is 16.4. The van der Waals surface area contributed by atoms with E-state index < -0.39 is 17.3 Å². The van der Waals surface area contributed by atoms with Crippen molar-refractivity contribution in [1.29, 1.82) is 0 Å². The van der Waals surface area contributed by atoms with E-state index in [4.69, 9.17) is 0 Å². The van der Waals surface area contributed by atoms with E-state index in [1.165, 1.54) is 4.90 Å². The quantitative estimate of drug-likeness (QED) is 0.795. The van der Waals surface area contributed by atoms with E-state index in [0.717, 1.165) is 5.56 Å². The van der Waals surface area contributed by atoms with Crippen molar-refractivity contribution in [3.05, 3.63) is 35.9 Å². The van der Waals surface area contributed by atoms with Crippen molar-refractivity contribution in [1.82, 2.24) is 9.80 Å². The van der Waals surface area contributed by atoms with Gasteiger partial charge in [-0.15, -0.1) is 0 Å². The van der Waals surface area contributed by atoms with Gasteiger partial charge in [0.15, 0.2) is 0 Å². The summed E-state index contributed by atoms with van der Waals surface area (Å²) in [5, 5.41) is 9.20. The second-order valence-electron chi connectivity index (χ2n) is 7.33. The molecule has 1 aromatic rings. The standard InChI is InChI=1S/C21H30N2O4/c1-4-21(5-2,17-11-7-6-8-12-17)20(27)22(3)15-18(24)23-13-9-10-16(14-23)19(25)26/h6-8,11-12,16H,4-5,9-10,13-15H2,1-3H3,(H,25,26). The summed E-state index contributed by atoms with van der Waals surface area (Å²) in [5.41, 5.74) is 0.310. The molecule has 1 aromatic carbocycles. The van der Waals surface area contributed by atoms with Crippen LogP contribution in [0, 0.1) is 5.92 Å². The van der Waals surface area contributed by atoms with Gasteiger partial charge in [0.05, 0.1) is 17.9 Å². The molecule has 1 saturated heterocycles. The van der Waals surface area contributed by atoms with Crippen molar-refractivity contribution in [2.45, 2.75) is 44.9 Å². The zero-order chi connectivity index (χ0) is 20.0. The fourth-order valence-electron chi connectivity index (χ4n) is 3.99. The number of aliphatic carboxylic acids is 1. The van der Waals surface area contributed by atoms with Gasteiger partial charge in [-0.1, -0.05) is 44.2 Å². The number of carboxylic acids is 1. The number of carbonyl (C=O) groups is 3. The Bertz CT molecular complexity index is 670. The van der Waals surface area contributed by atoms with Crippen molar-refractivity contribution >= 4 is 17.8 Å². The topological polar surface area (TPSA) is 77.9 Å². The number of hydrogen-bond acceptors (Lipinski definition) is 3. The summed E-state index contributed by atoms with van der Waals surface area (Å²) in [7, 11) is 1.65. The van der Waals surface area contributed by atoms with Gasteiger partial charge >= 0.3 is 5.97 Å². The van der Waals surface area contributed by atoms with Gasteiger partial charge in [0.25, 0.3) is 0 Å². The molecule has 1 aliphatic rings. The van der Waals surface area contributed by atoms with Crippen LogP contribution in [-0.2, 0) is 19.8 Å². The minimum atomic E-state index is -0.864. The maximum atomic E-state index is 13.3. The van der Waals surface area contributed by atoms with Crippen LogP contribution in [0.25, 0.3) is 0 Å². The van der Waals surface area contributed by atoms with Crippen molar-refractivity contribution in [2.75, 3.05) is 26.7 Å². The lowest BCUT2D eigenvalue weighted by molar-refractivity contribution is -0.148. The minimum Gasteiger partial charge on any atom is -0.481 e. The van der Waals surface area contributed by atoms with Crippen LogP contribution in [-0.4, -0.2) is 59.4 Å². The summed E-state index contributed by atoms with van der Waals surface area (Å²) in [5.74, 6) is -1.64. The average Bonchev–Trinajstić information content (AvgIpc) is 2.70. The first kappa shape index (κ1) is 20.9. The van der Waals surface area contributed by atoms with Gasteiger partial charge in [0.1, 0.15) is 0 Å². The zero-order valence-corrected chi connectivity index (χ0v) is 16.5. The summed E-state index contributed by atoms with van der Waals surface area (Å²) >= 11 is 0. The molecule has 0 aliphatic carbocycles. The Morgan fingerprint density at radius 2 is 1.81 bits per heavy atom. The van der Waals surface area contributed by atoms with Crippen LogP contribution in [0.15, 0.2) is 30.3 Å². The smallest absolute Gasteiger partial charge is 0.308 e. The molecule has 2 rings (SSSR count). The van der Waals surface area contributed by atoms with E-state index >= 15 is 0 Å². The number of hydrogen-bond donors (Lipinski definition) is 1. The van der Waals surface area contributed by atoms with E-state index in [0.29, 0.717) is 32.2 Å². The molecule has 1 heterocycles. The predicted molar refractivity (Wildman–Crippen MR) is 103 cm³/mol. The molecule has 1 fully saturated rings. The van der Waals surface area contributed by atoms with E-state index in [1.807, 2.05) is 44.2 Å². The number of piperidine rings is 1. The van der Waals surface area contributed by atoms with Gasteiger partial charge in [-0.05, 0) is 31.2 Å². The van der Waals surface area contributed by atoms with Crippen LogP contribution in [0.3, 0.4) is 0 Å². The van der Waals surface area contributed by atoms with Gasteiger partial charge in [-0.3, -0.25) is 14.4 Å². The number of likely N-dealkylation sites (N-methyl/N-ethyl adjacent to an activating group) is 1. The molecule has 148 valence electrons. The Morgan fingerprint density at radius 3 is 2.37 bits per heavy atom. The number of rotatable bonds is 7. The van der Waals surface area contributed by atoms with Crippen molar-refractivity contribution in [3.8, 4) is 0 Å². The Balaban J connectivity index is 2.11. The normalized spacial score (nSPS) is 17.4. The first-order chi connectivity index (χ1) is 12.9. The SMILES string of the molecule is CCC(CC)(C(=O)N(C)CC(=O)N1CCCC(C(=O)O)C1)c1ccccc1. The lowest BCUT2D eigenvalue weighted by Gasteiger charge is -2.36. The fraction of sp³-hybridized carbons (Fsp3) is 0.571. The lowest BCUT2D eigenvalue weighted by atomic mass is 9.74. The van der Waals surface area contributed by atoms with Gasteiger partial charge in [-0.25, -0.2) is 0 Å². The molecule has 6 heteroatoms. The fourth-order valence-corrected chi connectivity index (χ4v) is 3.99. The number of nitrogens with zero attached hydrogens (tertiary/aromatic N) is 2. The highest BCUT2D eigenvalue weighted by Crippen LogP contribution is 2.33. The first-order valence-corrected chi connectivity index (χ1v) is 9.67. The molecule has 1 aliphatic heterocycles. The van der Waals surface area contributed by atoms with Crippen LogP contribution >= 0.6 is 0 Å². The third-order valence-corrected chi connectivity index (χ3v) is 5.79. The van der Waals surface area contributed by atoms with E-state index in [1.54, 1.807) is 11.9 Å². The molecular weight excluding hydrogens is 344 g/mol. The highest BCUT2D eigenvalue weighted by molar-refractivity contribution is 5.91. The summed E-state index contributed by atoms with van der Waals surface area (Å²) in [6, 6.07) is 9.69. The van der Waals surface area contributed by atoms with Gasteiger partial charge < -0.3 is 14.9 Å². The lowest BCUT2D eigenvalue weighted by Crippen LogP contribution is -2.50. The van der Waals surface area contributed by atoms with Crippen LogP contribution < -0.4 is 0 Å². The van der Waals surface area contributed by atoms with Gasteiger partial charge in [0, 0.05) is 20.1 Å². The number of carboxylic acid groups (broad SMARTS) is 1. The second kappa shape index (κ2) is 9.02. The van der Waals surface area contributed by atoms with E-state index in [9.17, 15) is 19.5 Å². The minimum absolute atomic E-state index is 0.0280. The third kappa shape index (κ3) is 4.49. The Kier molecular flexibility index (Phi) is 6.99. The summed E-state index contributed by atoms with van der Waals surface area (Å²) < 4.78 is 0. The molecule has 0 aromatic heterocycles. The molecule has 0 saturated carbocycles. The summed E-state index contributed by atoms with van der Waals surface area (Å²) in [6.07, 6.45) is 2.57. The molecule has 0 radical (unpaired) electrons. The largest absolute Gasteiger partial charge is 0.481 e. The van der Waals surface area contributed by atoms with Gasteiger partial charge in [0.2, 0.25) is 11.8 Å².